The average Bonchev–Trinajstić information content (AvgIpc) is 2.88. The van der Waals surface area contributed by atoms with Gasteiger partial charge in [-0.3, -0.25) is 9.59 Å². The van der Waals surface area contributed by atoms with Gasteiger partial charge in [-0.2, -0.15) is 0 Å². The summed E-state index contributed by atoms with van der Waals surface area (Å²) in [5, 5.41) is 0. The zero-order valence-electron chi connectivity index (χ0n) is 13.5. The molecule has 0 unspecified atom stereocenters. The van der Waals surface area contributed by atoms with Gasteiger partial charge in [0, 0.05) is 11.8 Å². The van der Waals surface area contributed by atoms with Gasteiger partial charge in [0.15, 0.2) is 5.41 Å². The van der Waals surface area contributed by atoms with Crippen molar-refractivity contribution >= 4 is 11.9 Å². The molecule has 0 aromatic heterocycles. The third-order valence-corrected chi connectivity index (χ3v) is 4.79. The fraction of sp³-hybridized carbons (Fsp3) is 0.765. The highest BCUT2D eigenvalue weighted by Crippen LogP contribution is 2.57. The molecule has 1 heterocycles. The molecule has 0 radical (unpaired) electrons. The predicted octanol–water partition coefficient (Wildman–Crippen LogP) is 3.25. The molecule has 0 aromatic rings. The molecule has 0 bridgehead atoms. The van der Waals surface area contributed by atoms with Gasteiger partial charge in [0.1, 0.15) is 5.60 Å². The summed E-state index contributed by atoms with van der Waals surface area (Å²) in [5.74, 6) is -1.18. The molecule has 0 N–H and O–H groups in total. The molecule has 1 saturated heterocycles. The Hall–Kier alpha value is -1.32. The van der Waals surface area contributed by atoms with Gasteiger partial charge in [0.25, 0.3) is 0 Å². The average molecular weight is 294 g/mol. The maximum Gasteiger partial charge on any atom is 0.325 e. The van der Waals surface area contributed by atoms with Crippen molar-refractivity contribution in [3.8, 4) is 0 Å². The van der Waals surface area contributed by atoms with Crippen molar-refractivity contribution in [3.05, 3.63) is 12.2 Å². The molecule has 0 aromatic carbocycles. The van der Waals surface area contributed by atoms with Gasteiger partial charge >= 0.3 is 11.9 Å². The standard InChI is InChI=1S/C17H26O4/c1-5-7-8-9-12-10-11-13-16(3,4)21-15(19)17(12,13)14(18)20-6-2/h10-13H,5-9H2,1-4H3/t12-,13-,17-/m0/s1. The molecule has 21 heavy (non-hydrogen) atoms. The van der Waals surface area contributed by atoms with Gasteiger partial charge < -0.3 is 9.47 Å². The molecule has 0 spiro atoms. The van der Waals surface area contributed by atoms with E-state index in [1.54, 1.807) is 6.92 Å². The lowest BCUT2D eigenvalue weighted by Gasteiger charge is -2.31. The van der Waals surface area contributed by atoms with Gasteiger partial charge in [-0.25, -0.2) is 0 Å². The van der Waals surface area contributed by atoms with E-state index in [-0.39, 0.29) is 18.4 Å². The number of cyclic esters (lactones) is 1. The van der Waals surface area contributed by atoms with Crippen LogP contribution in [0, 0.1) is 17.3 Å². The van der Waals surface area contributed by atoms with E-state index in [0.717, 1.165) is 25.7 Å². The summed E-state index contributed by atoms with van der Waals surface area (Å²) in [6.45, 7) is 7.93. The maximum atomic E-state index is 12.6. The van der Waals surface area contributed by atoms with E-state index >= 15 is 0 Å². The molecule has 4 nitrogen and oxygen atoms in total. The van der Waals surface area contributed by atoms with Crippen LogP contribution in [0.25, 0.3) is 0 Å². The number of fused-ring (bicyclic) bond motifs is 1. The van der Waals surface area contributed by atoms with Gasteiger partial charge in [0.2, 0.25) is 0 Å². The SMILES string of the molecule is CCCCC[C@H]1C=C[C@H]2C(C)(C)OC(=O)[C@@]12C(=O)OCC. The van der Waals surface area contributed by atoms with Crippen molar-refractivity contribution in [1.29, 1.82) is 0 Å². The molecule has 0 amide bonds. The Morgan fingerprint density at radius 2 is 2.00 bits per heavy atom. The number of ether oxygens (including phenoxy) is 2. The summed E-state index contributed by atoms with van der Waals surface area (Å²) in [6, 6.07) is 0. The van der Waals surface area contributed by atoms with E-state index in [0.29, 0.717) is 0 Å². The topological polar surface area (TPSA) is 52.6 Å². The Morgan fingerprint density at radius 1 is 1.29 bits per heavy atom. The van der Waals surface area contributed by atoms with Gasteiger partial charge in [-0.15, -0.1) is 0 Å². The monoisotopic (exact) mass is 294 g/mol. The van der Waals surface area contributed by atoms with Crippen LogP contribution in [-0.4, -0.2) is 24.1 Å². The largest absolute Gasteiger partial charge is 0.465 e. The van der Waals surface area contributed by atoms with Crippen LogP contribution in [0.4, 0.5) is 0 Å². The van der Waals surface area contributed by atoms with Gasteiger partial charge in [-0.1, -0.05) is 38.3 Å². The lowest BCUT2D eigenvalue weighted by atomic mass is 9.67. The second-order valence-corrected chi connectivity index (χ2v) is 6.55. The van der Waals surface area contributed by atoms with E-state index in [4.69, 9.17) is 9.47 Å². The van der Waals surface area contributed by atoms with E-state index in [9.17, 15) is 9.59 Å². The Morgan fingerprint density at radius 3 is 2.62 bits per heavy atom. The molecule has 1 aliphatic carbocycles. The van der Waals surface area contributed by atoms with Crippen LogP contribution in [0.2, 0.25) is 0 Å². The number of carbonyl (C=O) groups is 2. The summed E-state index contributed by atoms with van der Waals surface area (Å²) in [6.07, 6.45) is 8.06. The van der Waals surface area contributed by atoms with Crippen LogP contribution in [0.1, 0.15) is 53.4 Å². The molecular formula is C17H26O4. The number of esters is 2. The van der Waals surface area contributed by atoms with E-state index in [2.05, 4.69) is 6.92 Å². The van der Waals surface area contributed by atoms with Crippen molar-refractivity contribution in [1.82, 2.24) is 0 Å². The molecular weight excluding hydrogens is 268 g/mol. The number of unbranched alkanes of at least 4 members (excludes halogenated alkanes) is 2. The van der Waals surface area contributed by atoms with Crippen molar-refractivity contribution < 1.29 is 19.1 Å². The minimum Gasteiger partial charge on any atom is -0.465 e. The smallest absolute Gasteiger partial charge is 0.325 e. The minimum atomic E-state index is -1.16. The highest BCUT2D eigenvalue weighted by molar-refractivity contribution is 6.04. The predicted molar refractivity (Wildman–Crippen MR) is 79.5 cm³/mol. The van der Waals surface area contributed by atoms with Crippen LogP contribution in [0.15, 0.2) is 12.2 Å². The lowest BCUT2D eigenvalue weighted by molar-refractivity contribution is -0.168. The van der Waals surface area contributed by atoms with Gasteiger partial charge in [-0.05, 0) is 27.2 Å². The zero-order valence-corrected chi connectivity index (χ0v) is 13.5. The molecule has 1 aliphatic heterocycles. The first-order chi connectivity index (χ1) is 9.91. The first kappa shape index (κ1) is 16.1. The number of allylic oxidation sites excluding steroid dienone is 1. The molecule has 2 aliphatic rings. The van der Waals surface area contributed by atoms with Crippen LogP contribution < -0.4 is 0 Å². The van der Waals surface area contributed by atoms with Crippen LogP contribution >= 0.6 is 0 Å². The van der Waals surface area contributed by atoms with E-state index in [1.807, 2.05) is 26.0 Å². The fourth-order valence-electron chi connectivity index (χ4n) is 3.77. The quantitative estimate of drug-likeness (QED) is 0.326. The van der Waals surface area contributed by atoms with Crippen LogP contribution in [0.3, 0.4) is 0 Å². The number of hydrogen-bond acceptors (Lipinski definition) is 4. The second kappa shape index (κ2) is 5.82. The Bertz CT molecular complexity index is 452. The molecule has 4 heteroatoms. The highest BCUT2D eigenvalue weighted by Gasteiger charge is 2.70. The molecule has 1 fully saturated rings. The molecule has 118 valence electrons. The lowest BCUT2D eigenvalue weighted by Crippen LogP contribution is -2.46. The van der Waals surface area contributed by atoms with Gasteiger partial charge in [0.05, 0.1) is 6.61 Å². The first-order valence-electron chi connectivity index (χ1n) is 8.00. The molecule has 2 rings (SSSR count). The first-order valence-corrected chi connectivity index (χ1v) is 8.00. The summed E-state index contributed by atoms with van der Waals surface area (Å²) < 4.78 is 10.8. The summed E-state index contributed by atoms with van der Waals surface area (Å²) in [4.78, 5) is 25.2. The number of rotatable bonds is 6. The third-order valence-electron chi connectivity index (χ3n) is 4.79. The Balaban J connectivity index is 2.33. The molecule has 3 atom stereocenters. The summed E-state index contributed by atoms with van der Waals surface area (Å²) in [5.41, 5.74) is -1.81. The summed E-state index contributed by atoms with van der Waals surface area (Å²) >= 11 is 0. The zero-order chi connectivity index (χ0) is 15.7. The Labute approximate surface area is 126 Å². The normalized spacial score (nSPS) is 32.9. The highest BCUT2D eigenvalue weighted by atomic mass is 16.6. The number of carbonyl (C=O) groups excluding carboxylic acids is 2. The Kier molecular flexibility index (Phi) is 4.45. The summed E-state index contributed by atoms with van der Waals surface area (Å²) in [7, 11) is 0. The van der Waals surface area contributed by atoms with Crippen molar-refractivity contribution in [2.45, 2.75) is 59.0 Å². The number of hydrogen-bond donors (Lipinski definition) is 0. The van der Waals surface area contributed by atoms with Crippen molar-refractivity contribution in [3.63, 3.8) is 0 Å². The third kappa shape index (κ3) is 2.39. The second-order valence-electron chi connectivity index (χ2n) is 6.55. The maximum absolute atomic E-state index is 12.6. The van der Waals surface area contributed by atoms with Crippen LogP contribution in [-0.2, 0) is 19.1 Å². The van der Waals surface area contributed by atoms with Crippen molar-refractivity contribution in [2.24, 2.45) is 17.3 Å². The van der Waals surface area contributed by atoms with Crippen LogP contribution in [0.5, 0.6) is 0 Å². The minimum absolute atomic E-state index is 0.109. The fourth-order valence-corrected chi connectivity index (χ4v) is 3.77. The van der Waals surface area contributed by atoms with E-state index < -0.39 is 23.0 Å². The van der Waals surface area contributed by atoms with Crippen molar-refractivity contribution in [2.75, 3.05) is 6.61 Å². The molecule has 0 saturated carbocycles. The van der Waals surface area contributed by atoms with E-state index in [1.165, 1.54) is 0 Å².